The van der Waals surface area contributed by atoms with E-state index in [9.17, 15) is 24.6 Å². The van der Waals surface area contributed by atoms with Crippen molar-refractivity contribution in [2.75, 3.05) is 13.2 Å². The van der Waals surface area contributed by atoms with Crippen LogP contribution >= 0.6 is 0 Å². The van der Waals surface area contributed by atoms with Crippen LogP contribution in [0.15, 0.2) is 48.1 Å². The third kappa shape index (κ3) is 6.13. The molecule has 170 valence electrons. The molecule has 5 atom stereocenters. The van der Waals surface area contributed by atoms with Gasteiger partial charge in [0, 0.05) is 18.9 Å². The van der Waals surface area contributed by atoms with Crippen molar-refractivity contribution in [1.29, 1.82) is 0 Å². The van der Waals surface area contributed by atoms with E-state index in [4.69, 9.17) is 19.3 Å². The zero-order valence-electron chi connectivity index (χ0n) is 17.4. The van der Waals surface area contributed by atoms with Crippen LogP contribution in [0.4, 0.5) is 0 Å². The Labute approximate surface area is 180 Å². The van der Waals surface area contributed by atoms with E-state index in [0.717, 1.165) is 0 Å². The second kappa shape index (κ2) is 10.5. The highest BCUT2D eigenvalue weighted by Crippen LogP contribution is 2.37. The topological polar surface area (TPSA) is 140 Å². The number of ether oxygens (including phenoxy) is 3. The van der Waals surface area contributed by atoms with Gasteiger partial charge >= 0.3 is 17.9 Å². The second-order valence-corrected chi connectivity index (χ2v) is 7.61. The Morgan fingerprint density at radius 1 is 1.35 bits per heavy atom. The number of hydrogen-bond donors (Lipinski definition) is 3. The molecule has 0 aromatic carbocycles. The number of carbonyl (C=O) groups is 3. The van der Waals surface area contributed by atoms with Gasteiger partial charge < -0.3 is 29.5 Å². The van der Waals surface area contributed by atoms with Gasteiger partial charge in [-0.25, -0.2) is 9.59 Å². The monoisotopic (exact) mass is 436 g/mol. The summed E-state index contributed by atoms with van der Waals surface area (Å²) in [6, 6.07) is 0. The lowest BCUT2D eigenvalue weighted by atomic mass is 9.83. The Bertz CT molecular complexity index is 810. The van der Waals surface area contributed by atoms with E-state index in [1.165, 1.54) is 6.92 Å². The van der Waals surface area contributed by atoms with E-state index in [0.29, 0.717) is 17.6 Å². The third-order valence-corrected chi connectivity index (χ3v) is 5.29. The zero-order valence-corrected chi connectivity index (χ0v) is 17.4. The molecule has 9 heteroatoms. The fourth-order valence-electron chi connectivity index (χ4n) is 3.43. The lowest BCUT2D eigenvalue weighted by Crippen LogP contribution is -2.36. The third-order valence-electron chi connectivity index (χ3n) is 5.29. The van der Waals surface area contributed by atoms with Crippen molar-refractivity contribution >= 4 is 17.9 Å². The van der Waals surface area contributed by atoms with Gasteiger partial charge in [-0.05, 0) is 30.1 Å². The van der Waals surface area contributed by atoms with E-state index in [1.807, 2.05) is 0 Å². The number of aliphatic hydroxyl groups excluding tert-OH is 3. The molecule has 2 aliphatic rings. The average Bonchev–Trinajstić information content (AvgIpc) is 3.00. The Balaban J connectivity index is 2.40. The molecular weight excluding hydrogens is 408 g/mol. The highest BCUT2D eigenvalue weighted by atomic mass is 16.6. The van der Waals surface area contributed by atoms with Crippen molar-refractivity contribution in [3.63, 3.8) is 0 Å². The van der Waals surface area contributed by atoms with Gasteiger partial charge in [0.25, 0.3) is 0 Å². The Morgan fingerprint density at radius 3 is 2.65 bits per heavy atom. The Kier molecular flexibility index (Phi) is 8.32. The number of hydrogen-bond acceptors (Lipinski definition) is 9. The molecule has 1 fully saturated rings. The first-order valence-corrected chi connectivity index (χ1v) is 9.82. The maximum atomic E-state index is 12.5. The standard InChI is InChI=1S/C22H28O9/c1-11-7-18(30-21(27)12(2)17(26)9-23)20-13(3)22(28)31-19(20)8-15(5-6-16(11)25)10-29-14(4)24/h8,16-20,23,25-26H,1-3,5-7,9-10H2,4H3. The molecule has 5 unspecified atom stereocenters. The number of carbonyl (C=O) groups excluding carboxylic acids is 3. The van der Waals surface area contributed by atoms with E-state index >= 15 is 0 Å². The summed E-state index contributed by atoms with van der Waals surface area (Å²) in [5, 5.41) is 29.2. The minimum Gasteiger partial charge on any atom is -0.461 e. The van der Waals surface area contributed by atoms with Gasteiger partial charge in [-0.2, -0.15) is 0 Å². The predicted molar refractivity (Wildman–Crippen MR) is 108 cm³/mol. The molecule has 0 spiro atoms. The molecule has 0 amide bonds. The van der Waals surface area contributed by atoms with Crippen molar-refractivity contribution in [3.8, 4) is 0 Å². The van der Waals surface area contributed by atoms with E-state index < -0.39 is 54.8 Å². The van der Waals surface area contributed by atoms with Crippen LogP contribution in [0.3, 0.4) is 0 Å². The molecule has 1 saturated heterocycles. The largest absolute Gasteiger partial charge is 0.461 e. The van der Waals surface area contributed by atoms with Gasteiger partial charge in [0.2, 0.25) is 0 Å². The summed E-state index contributed by atoms with van der Waals surface area (Å²) in [6.07, 6.45) is -2.03. The van der Waals surface area contributed by atoms with Gasteiger partial charge in [0.05, 0.1) is 24.2 Å². The summed E-state index contributed by atoms with van der Waals surface area (Å²) in [4.78, 5) is 35.9. The summed E-state index contributed by atoms with van der Waals surface area (Å²) < 4.78 is 16.0. The van der Waals surface area contributed by atoms with Crippen LogP contribution in [0.5, 0.6) is 0 Å². The number of aliphatic hydroxyl groups is 3. The Hall–Kier alpha value is -2.75. The highest BCUT2D eigenvalue weighted by molar-refractivity contribution is 5.92. The summed E-state index contributed by atoms with van der Waals surface area (Å²) in [5.74, 6) is -2.93. The van der Waals surface area contributed by atoms with Gasteiger partial charge in [-0.3, -0.25) is 4.79 Å². The highest BCUT2D eigenvalue weighted by Gasteiger charge is 2.45. The molecule has 0 aromatic heterocycles. The van der Waals surface area contributed by atoms with Crippen LogP contribution in [0.1, 0.15) is 26.2 Å². The van der Waals surface area contributed by atoms with Crippen LogP contribution in [-0.2, 0) is 28.6 Å². The maximum Gasteiger partial charge on any atom is 0.336 e. The molecule has 3 N–H and O–H groups in total. The molecule has 0 radical (unpaired) electrons. The molecule has 9 nitrogen and oxygen atoms in total. The first-order valence-electron chi connectivity index (χ1n) is 9.82. The molecule has 0 saturated carbocycles. The van der Waals surface area contributed by atoms with Gasteiger partial charge in [0.15, 0.2) is 0 Å². The number of esters is 3. The Morgan fingerprint density at radius 2 is 2.03 bits per heavy atom. The number of rotatable bonds is 6. The summed E-state index contributed by atoms with van der Waals surface area (Å²) in [6.45, 7) is 11.6. The number of fused-ring (bicyclic) bond motifs is 1. The van der Waals surface area contributed by atoms with E-state index in [-0.39, 0.29) is 30.6 Å². The normalized spacial score (nSPS) is 27.5. The average molecular weight is 436 g/mol. The summed E-state index contributed by atoms with van der Waals surface area (Å²) in [7, 11) is 0. The predicted octanol–water partition coefficient (Wildman–Crippen LogP) is 0.496. The quantitative estimate of drug-likeness (QED) is 0.235. The first-order chi connectivity index (χ1) is 14.5. The van der Waals surface area contributed by atoms with Crippen molar-refractivity contribution in [2.45, 2.75) is 50.6 Å². The molecule has 1 aliphatic carbocycles. The SMILES string of the molecule is C=C1CC(OC(=O)C(=C)C(O)CO)C2C(=C)C(=O)OC2C=C(COC(C)=O)CCC1O. The molecule has 0 bridgehead atoms. The van der Waals surface area contributed by atoms with Gasteiger partial charge in [0.1, 0.15) is 24.9 Å². The minimum absolute atomic E-state index is 0.0132. The molecule has 0 aromatic rings. The van der Waals surface area contributed by atoms with Crippen LogP contribution in [0.25, 0.3) is 0 Å². The van der Waals surface area contributed by atoms with Crippen LogP contribution in [0, 0.1) is 5.92 Å². The smallest absolute Gasteiger partial charge is 0.336 e. The van der Waals surface area contributed by atoms with Crippen LogP contribution in [-0.4, -0.2) is 70.9 Å². The molecule has 31 heavy (non-hydrogen) atoms. The molecule has 1 heterocycles. The second-order valence-electron chi connectivity index (χ2n) is 7.61. The fourth-order valence-corrected chi connectivity index (χ4v) is 3.43. The first kappa shape index (κ1) is 24.5. The molecular formula is C22H28O9. The maximum absolute atomic E-state index is 12.5. The molecule has 2 rings (SSSR count). The van der Waals surface area contributed by atoms with Crippen molar-refractivity contribution < 1.29 is 43.9 Å². The lowest BCUT2D eigenvalue weighted by Gasteiger charge is -2.30. The molecule has 1 aliphatic heterocycles. The van der Waals surface area contributed by atoms with Gasteiger partial charge in [-0.1, -0.05) is 19.7 Å². The summed E-state index contributed by atoms with van der Waals surface area (Å²) in [5.41, 5.74) is 0.698. The zero-order chi connectivity index (χ0) is 23.3. The fraction of sp³-hybridized carbons (Fsp3) is 0.500. The lowest BCUT2D eigenvalue weighted by molar-refractivity contribution is -0.149. The van der Waals surface area contributed by atoms with Crippen LogP contribution in [0.2, 0.25) is 0 Å². The van der Waals surface area contributed by atoms with Crippen LogP contribution < -0.4 is 0 Å². The minimum atomic E-state index is -1.50. The van der Waals surface area contributed by atoms with Crippen molar-refractivity contribution in [2.24, 2.45) is 5.92 Å². The van der Waals surface area contributed by atoms with Crippen molar-refractivity contribution in [3.05, 3.63) is 48.1 Å². The van der Waals surface area contributed by atoms with E-state index in [1.54, 1.807) is 6.08 Å². The summed E-state index contributed by atoms with van der Waals surface area (Å²) >= 11 is 0. The van der Waals surface area contributed by atoms with Crippen molar-refractivity contribution in [1.82, 2.24) is 0 Å². The van der Waals surface area contributed by atoms with E-state index in [2.05, 4.69) is 19.7 Å². The van der Waals surface area contributed by atoms with Gasteiger partial charge in [-0.15, -0.1) is 0 Å².